The fraction of sp³-hybridized carbons (Fsp3) is 0.750. The smallest absolute Gasteiger partial charge is 0.145 e. The Balaban J connectivity index is 4.15. The number of methoxy groups -OCH3 is 1. The van der Waals surface area contributed by atoms with E-state index in [2.05, 4.69) is 13.8 Å². The first-order valence-corrected chi connectivity index (χ1v) is 5.32. The molecule has 0 aliphatic carbocycles. The summed E-state index contributed by atoms with van der Waals surface area (Å²) in [5, 5.41) is 0. The molecule has 0 aromatic heterocycles. The second-order valence-corrected chi connectivity index (χ2v) is 3.80. The lowest BCUT2D eigenvalue weighted by Gasteiger charge is -2.19. The van der Waals surface area contributed by atoms with Crippen LogP contribution in [0.1, 0.15) is 40.0 Å². The van der Waals surface area contributed by atoms with Crippen molar-refractivity contribution in [1.29, 1.82) is 0 Å². The van der Waals surface area contributed by atoms with Crippen molar-refractivity contribution >= 4 is 6.29 Å². The van der Waals surface area contributed by atoms with E-state index >= 15 is 0 Å². The van der Waals surface area contributed by atoms with Crippen LogP contribution in [0, 0.1) is 5.92 Å². The van der Waals surface area contributed by atoms with Gasteiger partial charge >= 0.3 is 0 Å². The maximum atomic E-state index is 10.5. The van der Waals surface area contributed by atoms with E-state index < -0.39 is 0 Å². The van der Waals surface area contributed by atoms with E-state index in [1.165, 1.54) is 12.8 Å². The zero-order valence-electron chi connectivity index (χ0n) is 9.75. The highest BCUT2D eigenvalue weighted by molar-refractivity contribution is 5.72. The second-order valence-electron chi connectivity index (χ2n) is 3.80. The van der Waals surface area contributed by atoms with Crippen molar-refractivity contribution in [3.63, 3.8) is 0 Å². The van der Waals surface area contributed by atoms with Crippen molar-refractivity contribution in [2.45, 2.75) is 46.1 Å². The molecule has 2 atom stereocenters. The van der Waals surface area contributed by atoms with E-state index in [9.17, 15) is 4.79 Å². The third-order valence-corrected chi connectivity index (χ3v) is 2.44. The van der Waals surface area contributed by atoms with Crippen LogP contribution >= 0.6 is 0 Å². The molecular weight excluding hydrogens is 176 g/mol. The Bertz CT molecular complexity index is 185. The Morgan fingerprint density at radius 2 is 2.14 bits per heavy atom. The zero-order valence-corrected chi connectivity index (χ0v) is 9.75. The second kappa shape index (κ2) is 7.74. The van der Waals surface area contributed by atoms with Crippen LogP contribution in [-0.2, 0) is 9.53 Å². The molecule has 0 radical (unpaired) electrons. The molecule has 0 rings (SSSR count). The first kappa shape index (κ1) is 13.4. The van der Waals surface area contributed by atoms with Crippen LogP contribution in [-0.4, -0.2) is 19.5 Å². The highest BCUT2D eigenvalue weighted by Crippen LogP contribution is 2.16. The number of aldehydes is 1. The quantitative estimate of drug-likeness (QED) is 0.464. The highest BCUT2D eigenvalue weighted by atomic mass is 16.5. The summed E-state index contributed by atoms with van der Waals surface area (Å²) in [5.74, 6) is 0.316. The summed E-state index contributed by atoms with van der Waals surface area (Å²) in [7, 11) is 1.74. The molecule has 0 amide bonds. The van der Waals surface area contributed by atoms with Crippen LogP contribution in [0.4, 0.5) is 0 Å². The normalized spacial score (nSPS) is 16.4. The molecule has 0 N–H and O–H groups in total. The summed E-state index contributed by atoms with van der Waals surface area (Å²) in [5.41, 5.74) is 0.788. The van der Waals surface area contributed by atoms with E-state index in [-0.39, 0.29) is 6.10 Å². The first-order valence-electron chi connectivity index (χ1n) is 5.32. The molecule has 0 bridgehead atoms. The number of carbonyl (C=O) groups excluding carboxylic acids is 1. The van der Waals surface area contributed by atoms with Gasteiger partial charge < -0.3 is 4.74 Å². The average Bonchev–Trinajstić information content (AvgIpc) is 2.18. The molecule has 0 aliphatic heterocycles. The van der Waals surface area contributed by atoms with Crippen molar-refractivity contribution < 1.29 is 9.53 Å². The number of allylic oxidation sites excluding steroid dienone is 1. The van der Waals surface area contributed by atoms with Gasteiger partial charge in [-0.25, -0.2) is 0 Å². The molecule has 14 heavy (non-hydrogen) atoms. The van der Waals surface area contributed by atoms with Crippen molar-refractivity contribution in [2.75, 3.05) is 7.11 Å². The van der Waals surface area contributed by atoms with E-state index in [0.29, 0.717) is 5.92 Å². The van der Waals surface area contributed by atoms with Crippen LogP contribution in [0.3, 0.4) is 0 Å². The van der Waals surface area contributed by atoms with Crippen molar-refractivity contribution in [3.8, 4) is 0 Å². The van der Waals surface area contributed by atoms with Gasteiger partial charge in [-0.05, 0) is 18.9 Å². The van der Waals surface area contributed by atoms with Crippen molar-refractivity contribution in [1.82, 2.24) is 0 Å². The number of hydrogen-bond donors (Lipinski definition) is 0. The van der Waals surface area contributed by atoms with Crippen molar-refractivity contribution in [2.24, 2.45) is 5.92 Å². The van der Waals surface area contributed by atoms with Gasteiger partial charge in [0.25, 0.3) is 0 Å². The molecule has 0 aromatic rings. The average molecular weight is 198 g/mol. The minimum Gasteiger partial charge on any atom is -0.381 e. The molecule has 0 aliphatic rings. The van der Waals surface area contributed by atoms with Crippen LogP contribution in [0.25, 0.3) is 0 Å². The molecule has 0 saturated carbocycles. The van der Waals surface area contributed by atoms with E-state index in [1.54, 1.807) is 7.11 Å². The Hall–Kier alpha value is -0.630. The Morgan fingerprint density at radius 1 is 1.50 bits per heavy atom. The number of carbonyl (C=O) groups is 1. The van der Waals surface area contributed by atoms with Gasteiger partial charge in [0.05, 0.1) is 6.10 Å². The Morgan fingerprint density at radius 3 is 2.57 bits per heavy atom. The Kier molecular flexibility index (Phi) is 7.40. The number of unbranched alkanes of at least 4 members (excludes halogenated alkanes) is 1. The molecule has 0 fully saturated rings. The first-order chi connectivity index (χ1) is 6.65. The fourth-order valence-electron chi connectivity index (χ4n) is 1.56. The largest absolute Gasteiger partial charge is 0.381 e. The highest BCUT2D eigenvalue weighted by Gasteiger charge is 2.13. The van der Waals surface area contributed by atoms with Gasteiger partial charge in [0.1, 0.15) is 6.29 Å². The van der Waals surface area contributed by atoms with Crippen LogP contribution in [0.5, 0.6) is 0 Å². The van der Waals surface area contributed by atoms with Crippen LogP contribution in [0.15, 0.2) is 11.6 Å². The topological polar surface area (TPSA) is 26.3 Å². The van der Waals surface area contributed by atoms with Crippen LogP contribution in [0.2, 0.25) is 0 Å². The third-order valence-electron chi connectivity index (χ3n) is 2.44. The van der Waals surface area contributed by atoms with Gasteiger partial charge in [-0.1, -0.05) is 32.8 Å². The van der Waals surface area contributed by atoms with Gasteiger partial charge in [0, 0.05) is 13.0 Å². The summed E-state index contributed by atoms with van der Waals surface area (Å²) in [6.45, 7) is 6.09. The molecule has 2 heteroatoms. The standard InChI is InChI=1S/C12H22O2/c1-5-6-7-12(14-4)11(3)8-10(2)9-13/h8-9,11-12H,5-7H2,1-4H3/b10-8+. The van der Waals surface area contributed by atoms with Crippen LogP contribution < -0.4 is 0 Å². The Labute approximate surface area is 87.3 Å². The van der Waals surface area contributed by atoms with Gasteiger partial charge in [-0.15, -0.1) is 0 Å². The monoisotopic (exact) mass is 198 g/mol. The molecule has 82 valence electrons. The minimum atomic E-state index is 0.241. The summed E-state index contributed by atoms with van der Waals surface area (Å²) in [6.07, 6.45) is 6.54. The summed E-state index contributed by atoms with van der Waals surface area (Å²) >= 11 is 0. The zero-order chi connectivity index (χ0) is 11.0. The summed E-state index contributed by atoms with van der Waals surface area (Å²) in [6, 6.07) is 0. The molecule has 0 spiro atoms. The lowest BCUT2D eigenvalue weighted by molar-refractivity contribution is -0.104. The van der Waals surface area contributed by atoms with E-state index in [1.807, 2.05) is 13.0 Å². The predicted molar refractivity (Wildman–Crippen MR) is 59.3 cm³/mol. The summed E-state index contributed by atoms with van der Waals surface area (Å²) in [4.78, 5) is 10.5. The van der Waals surface area contributed by atoms with E-state index in [4.69, 9.17) is 4.74 Å². The van der Waals surface area contributed by atoms with Gasteiger partial charge in [0.2, 0.25) is 0 Å². The lowest BCUT2D eigenvalue weighted by Crippen LogP contribution is -2.19. The number of ether oxygens (including phenoxy) is 1. The number of hydrogen-bond acceptors (Lipinski definition) is 2. The summed E-state index contributed by atoms with van der Waals surface area (Å²) < 4.78 is 5.40. The molecule has 2 nitrogen and oxygen atoms in total. The maximum absolute atomic E-state index is 10.5. The van der Waals surface area contributed by atoms with Gasteiger partial charge in [0.15, 0.2) is 0 Å². The molecular formula is C12H22O2. The number of rotatable bonds is 7. The molecule has 0 saturated heterocycles. The van der Waals surface area contributed by atoms with Gasteiger partial charge in [-0.3, -0.25) is 4.79 Å². The molecule has 0 aromatic carbocycles. The predicted octanol–water partition coefficient (Wildman–Crippen LogP) is 2.97. The van der Waals surface area contributed by atoms with Gasteiger partial charge in [-0.2, -0.15) is 0 Å². The minimum absolute atomic E-state index is 0.241. The SMILES string of the molecule is CCCCC(OC)C(C)/C=C(\C)C=O. The lowest BCUT2D eigenvalue weighted by atomic mass is 9.97. The third kappa shape index (κ3) is 5.18. The molecule has 2 unspecified atom stereocenters. The van der Waals surface area contributed by atoms with E-state index in [0.717, 1.165) is 18.3 Å². The molecule has 0 heterocycles. The fourth-order valence-corrected chi connectivity index (χ4v) is 1.56. The maximum Gasteiger partial charge on any atom is 0.145 e. The van der Waals surface area contributed by atoms with Crippen molar-refractivity contribution in [3.05, 3.63) is 11.6 Å².